The normalized spacial score (nSPS) is 18.6. The van der Waals surface area contributed by atoms with Crippen LogP contribution in [-0.2, 0) is 10.0 Å². The van der Waals surface area contributed by atoms with Crippen LogP contribution >= 0.6 is 0 Å². The van der Waals surface area contributed by atoms with Crippen molar-refractivity contribution >= 4 is 26.6 Å². The lowest BCUT2D eigenvalue weighted by molar-refractivity contribution is 0.288. The quantitative estimate of drug-likeness (QED) is 0.833. The van der Waals surface area contributed by atoms with E-state index in [0.717, 1.165) is 18.4 Å². The fourth-order valence-electron chi connectivity index (χ4n) is 2.69. The van der Waals surface area contributed by atoms with Crippen molar-refractivity contribution in [3.63, 3.8) is 0 Å². The van der Waals surface area contributed by atoms with E-state index in [0.29, 0.717) is 35.0 Å². The Bertz CT molecular complexity index is 728. The Hall–Kier alpha value is -1.53. The van der Waals surface area contributed by atoms with Gasteiger partial charge in [-0.05, 0) is 37.0 Å². The Morgan fingerprint density at radius 2 is 2.00 bits per heavy atom. The number of H-pyrrole nitrogens is 1. The van der Waals surface area contributed by atoms with E-state index in [9.17, 15) is 8.42 Å². The first-order valence-corrected chi connectivity index (χ1v) is 8.29. The lowest BCUT2D eigenvalue weighted by Crippen LogP contribution is -2.37. The van der Waals surface area contributed by atoms with Gasteiger partial charge in [-0.3, -0.25) is 0 Å². The highest BCUT2D eigenvalue weighted by atomic mass is 32.2. The Kier molecular flexibility index (Phi) is 3.22. The van der Waals surface area contributed by atoms with Crippen LogP contribution in [0.15, 0.2) is 29.3 Å². The minimum absolute atomic E-state index is 0.349. The van der Waals surface area contributed by atoms with Crippen molar-refractivity contribution in [3.8, 4) is 0 Å². The summed E-state index contributed by atoms with van der Waals surface area (Å²) in [5, 5.41) is 0.706. The predicted molar refractivity (Wildman–Crippen MR) is 79.9 cm³/mol. The highest BCUT2D eigenvalue weighted by molar-refractivity contribution is 7.89. The first kappa shape index (κ1) is 13.5. The molecule has 1 aromatic heterocycles. The third-order valence-corrected chi connectivity index (χ3v) is 5.97. The number of nitrogen functional groups attached to an aromatic ring is 1. The SMILES string of the molecule is CC1CCN(S(=O)(=O)c2c[nH]c3cc(N)ccc23)CC1. The largest absolute Gasteiger partial charge is 0.399 e. The maximum absolute atomic E-state index is 12.7. The molecule has 0 amide bonds. The molecule has 108 valence electrons. The number of fused-ring (bicyclic) bond motifs is 1. The summed E-state index contributed by atoms with van der Waals surface area (Å²) in [6.45, 7) is 3.37. The number of hydrogen-bond donors (Lipinski definition) is 2. The fraction of sp³-hybridized carbons (Fsp3) is 0.429. The second-order valence-corrected chi connectivity index (χ2v) is 7.45. The molecule has 0 radical (unpaired) electrons. The molecular formula is C14H19N3O2S. The average Bonchev–Trinajstić information content (AvgIpc) is 2.82. The summed E-state index contributed by atoms with van der Waals surface area (Å²) in [6.07, 6.45) is 3.42. The second-order valence-electron chi connectivity index (χ2n) is 5.54. The molecule has 0 bridgehead atoms. The topological polar surface area (TPSA) is 79.2 Å². The molecule has 5 nitrogen and oxygen atoms in total. The zero-order chi connectivity index (χ0) is 14.3. The van der Waals surface area contributed by atoms with Gasteiger partial charge in [0.25, 0.3) is 0 Å². The van der Waals surface area contributed by atoms with Crippen molar-refractivity contribution < 1.29 is 8.42 Å². The van der Waals surface area contributed by atoms with Crippen LogP contribution in [0.25, 0.3) is 10.9 Å². The summed E-state index contributed by atoms with van der Waals surface area (Å²) in [5.74, 6) is 0.601. The van der Waals surface area contributed by atoms with E-state index < -0.39 is 10.0 Å². The maximum Gasteiger partial charge on any atom is 0.245 e. The van der Waals surface area contributed by atoms with Gasteiger partial charge in [0.1, 0.15) is 4.90 Å². The van der Waals surface area contributed by atoms with Gasteiger partial charge in [0.05, 0.1) is 0 Å². The Morgan fingerprint density at radius 3 is 2.70 bits per heavy atom. The van der Waals surface area contributed by atoms with Gasteiger partial charge < -0.3 is 10.7 Å². The molecule has 3 rings (SSSR count). The van der Waals surface area contributed by atoms with Crippen molar-refractivity contribution in [2.24, 2.45) is 5.92 Å². The molecule has 0 atom stereocenters. The molecule has 2 heterocycles. The number of sulfonamides is 1. The third kappa shape index (κ3) is 2.19. The standard InChI is InChI=1S/C14H19N3O2S/c1-10-4-6-17(7-5-10)20(18,19)14-9-16-13-8-11(15)2-3-12(13)14/h2-3,8-10,16H,4-7,15H2,1H3. The first-order valence-electron chi connectivity index (χ1n) is 6.85. The summed E-state index contributed by atoms with van der Waals surface area (Å²) < 4.78 is 27.0. The molecule has 1 aliphatic rings. The van der Waals surface area contributed by atoms with Crippen molar-refractivity contribution in [2.75, 3.05) is 18.8 Å². The molecule has 1 fully saturated rings. The van der Waals surface area contributed by atoms with Gasteiger partial charge >= 0.3 is 0 Å². The van der Waals surface area contributed by atoms with Gasteiger partial charge in [0.2, 0.25) is 10.0 Å². The molecule has 3 N–H and O–H groups in total. The summed E-state index contributed by atoms with van der Waals surface area (Å²) in [5.41, 5.74) is 7.10. The number of aromatic amines is 1. The van der Waals surface area contributed by atoms with Crippen LogP contribution < -0.4 is 5.73 Å². The maximum atomic E-state index is 12.7. The first-order chi connectivity index (χ1) is 9.48. The third-order valence-electron chi connectivity index (χ3n) is 4.03. The smallest absolute Gasteiger partial charge is 0.245 e. The predicted octanol–water partition coefficient (Wildman–Crippen LogP) is 2.17. The van der Waals surface area contributed by atoms with Gasteiger partial charge in [0, 0.05) is 35.9 Å². The Labute approximate surface area is 118 Å². The number of rotatable bonds is 2. The van der Waals surface area contributed by atoms with E-state index in [1.54, 1.807) is 28.7 Å². The average molecular weight is 293 g/mol. The van der Waals surface area contributed by atoms with E-state index in [1.165, 1.54) is 0 Å². The molecule has 0 saturated carbocycles. The molecular weight excluding hydrogens is 274 g/mol. The lowest BCUT2D eigenvalue weighted by Gasteiger charge is -2.29. The number of anilines is 1. The van der Waals surface area contributed by atoms with E-state index in [-0.39, 0.29) is 0 Å². The summed E-state index contributed by atoms with van der Waals surface area (Å²) in [7, 11) is -3.42. The van der Waals surface area contributed by atoms with E-state index >= 15 is 0 Å². The number of hydrogen-bond acceptors (Lipinski definition) is 3. The number of nitrogens with zero attached hydrogens (tertiary/aromatic N) is 1. The van der Waals surface area contributed by atoms with E-state index in [1.807, 2.05) is 0 Å². The molecule has 0 unspecified atom stereocenters. The van der Waals surface area contributed by atoms with Crippen LogP contribution in [0.4, 0.5) is 5.69 Å². The molecule has 1 aromatic carbocycles. The number of nitrogens with two attached hydrogens (primary N) is 1. The molecule has 0 aliphatic carbocycles. The van der Waals surface area contributed by atoms with Gasteiger partial charge in [0.15, 0.2) is 0 Å². The zero-order valence-corrected chi connectivity index (χ0v) is 12.3. The van der Waals surface area contributed by atoms with Crippen molar-refractivity contribution in [3.05, 3.63) is 24.4 Å². The summed E-state index contributed by atoms with van der Waals surface area (Å²) >= 11 is 0. The monoisotopic (exact) mass is 293 g/mol. The Balaban J connectivity index is 2.01. The van der Waals surface area contributed by atoms with E-state index in [4.69, 9.17) is 5.73 Å². The molecule has 1 saturated heterocycles. The highest BCUT2D eigenvalue weighted by Crippen LogP contribution is 2.29. The minimum Gasteiger partial charge on any atom is -0.399 e. The number of piperidine rings is 1. The number of nitrogens with one attached hydrogen (secondary N) is 1. The van der Waals surface area contributed by atoms with Crippen LogP contribution in [0.3, 0.4) is 0 Å². The minimum atomic E-state index is -3.42. The van der Waals surface area contributed by atoms with Gasteiger partial charge in [-0.25, -0.2) is 8.42 Å². The number of benzene rings is 1. The van der Waals surface area contributed by atoms with Crippen LogP contribution in [-0.4, -0.2) is 30.8 Å². The zero-order valence-electron chi connectivity index (χ0n) is 11.5. The lowest BCUT2D eigenvalue weighted by atomic mass is 10.0. The van der Waals surface area contributed by atoms with Gasteiger partial charge in [-0.15, -0.1) is 0 Å². The molecule has 2 aromatic rings. The van der Waals surface area contributed by atoms with Crippen molar-refractivity contribution in [1.82, 2.24) is 9.29 Å². The second kappa shape index (κ2) is 4.79. The van der Waals surface area contributed by atoms with Crippen LogP contribution in [0.1, 0.15) is 19.8 Å². The summed E-state index contributed by atoms with van der Waals surface area (Å²) in [4.78, 5) is 3.35. The number of aromatic nitrogens is 1. The van der Waals surface area contributed by atoms with Crippen LogP contribution in [0.5, 0.6) is 0 Å². The highest BCUT2D eigenvalue weighted by Gasteiger charge is 2.29. The van der Waals surface area contributed by atoms with Crippen molar-refractivity contribution in [1.29, 1.82) is 0 Å². The van der Waals surface area contributed by atoms with Gasteiger partial charge in [-0.1, -0.05) is 6.92 Å². The van der Waals surface area contributed by atoms with Gasteiger partial charge in [-0.2, -0.15) is 4.31 Å². The summed E-state index contributed by atoms with van der Waals surface area (Å²) in [6, 6.07) is 5.25. The van der Waals surface area contributed by atoms with Crippen LogP contribution in [0.2, 0.25) is 0 Å². The van der Waals surface area contributed by atoms with Crippen LogP contribution in [0, 0.1) is 5.92 Å². The molecule has 1 aliphatic heterocycles. The van der Waals surface area contributed by atoms with Crippen molar-refractivity contribution in [2.45, 2.75) is 24.7 Å². The molecule has 6 heteroatoms. The van der Waals surface area contributed by atoms with E-state index in [2.05, 4.69) is 11.9 Å². The molecule has 20 heavy (non-hydrogen) atoms. The Morgan fingerprint density at radius 1 is 1.30 bits per heavy atom. The fourth-order valence-corrected chi connectivity index (χ4v) is 4.33. The molecule has 0 spiro atoms.